The highest BCUT2D eigenvalue weighted by Crippen LogP contribution is 2.12. The highest BCUT2D eigenvalue weighted by atomic mass is 16.4. The van der Waals surface area contributed by atoms with Crippen LogP contribution in [0.4, 0.5) is 10.6 Å². The van der Waals surface area contributed by atoms with Gasteiger partial charge in [0.15, 0.2) is 0 Å². The maximum Gasteiger partial charge on any atom is 0.320 e. The molecule has 8 nitrogen and oxygen atoms in total. The number of nitrogens with one attached hydrogen (secondary N) is 2. The van der Waals surface area contributed by atoms with Gasteiger partial charge in [0.05, 0.1) is 0 Å². The lowest BCUT2D eigenvalue weighted by atomic mass is 9.99. The van der Waals surface area contributed by atoms with Gasteiger partial charge in [0.25, 0.3) is 5.91 Å². The predicted octanol–water partition coefficient (Wildman–Crippen LogP) is 0.945. The molecule has 0 fully saturated rings. The summed E-state index contributed by atoms with van der Waals surface area (Å²) >= 11 is 0. The molecule has 0 atom stereocenters. The number of carboxylic acids is 1. The summed E-state index contributed by atoms with van der Waals surface area (Å²) in [5.74, 6) is -1.44. The van der Waals surface area contributed by atoms with Crippen molar-refractivity contribution in [1.29, 1.82) is 0 Å². The number of carbonyl (C=O) groups excluding carboxylic acids is 2. The molecule has 3 amide bonds. The highest BCUT2D eigenvalue weighted by Gasteiger charge is 2.21. The monoisotopic (exact) mass is 294 g/mol. The van der Waals surface area contributed by atoms with Crippen LogP contribution in [0.25, 0.3) is 0 Å². The smallest absolute Gasteiger partial charge is 0.320 e. The summed E-state index contributed by atoms with van der Waals surface area (Å²) in [6.07, 6.45) is 0.229. The summed E-state index contributed by atoms with van der Waals surface area (Å²) in [5, 5.41) is 13.8. The molecule has 1 rings (SSSR count). The van der Waals surface area contributed by atoms with Crippen molar-refractivity contribution in [2.24, 2.45) is 5.73 Å². The standard InChI is InChI=1S/C13H18N4O4/c1-13(2,7-6-10(18)19)17-12(21)16-9-5-3-4-8(15-9)11(14)20/h3-5H,6-7H2,1-2H3,(H2,14,20)(H,18,19)(H2,15,16,17,21). The van der Waals surface area contributed by atoms with E-state index in [4.69, 9.17) is 10.8 Å². The first-order chi connectivity index (χ1) is 9.69. The minimum atomic E-state index is -0.930. The molecule has 5 N–H and O–H groups in total. The van der Waals surface area contributed by atoms with E-state index in [-0.39, 0.29) is 24.4 Å². The fraction of sp³-hybridized carbons (Fsp3) is 0.385. The topological polar surface area (TPSA) is 134 Å². The predicted molar refractivity (Wildman–Crippen MR) is 75.9 cm³/mol. The zero-order chi connectivity index (χ0) is 16.0. The summed E-state index contributed by atoms with van der Waals surface area (Å²) in [5.41, 5.74) is 4.45. The Labute approximate surface area is 121 Å². The zero-order valence-corrected chi connectivity index (χ0v) is 11.8. The van der Waals surface area contributed by atoms with Gasteiger partial charge in [-0.15, -0.1) is 0 Å². The SMILES string of the molecule is CC(C)(CCC(=O)O)NC(=O)Nc1cccc(C(N)=O)n1. The van der Waals surface area contributed by atoms with Crippen LogP contribution in [-0.4, -0.2) is 33.5 Å². The number of hydrogen-bond acceptors (Lipinski definition) is 4. The van der Waals surface area contributed by atoms with E-state index in [1.54, 1.807) is 13.8 Å². The number of nitrogens with zero attached hydrogens (tertiary/aromatic N) is 1. The molecule has 114 valence electrons. The van der Waals surface area contributed by atoms with Crippen molar-refractivity contribution in [3.05, 3.63) is 23.9 Å². The molecule has 0 aromatic carbocycles. The van der Waals surface area contributed by atoms with E-state index >= 15 is 0 Å². The number of carbonyl (C=O) groups is 3. The van der Waals surface area contributed by atoms with Gasteiger partial charge in [-0.2, -0.15) is 0 Å². The third-order valence-corrected chi connectivity index (χ3v) is 2.66. The molecule has 0 aliphatic heterocycles. The molecule has 8 heteroatoms. The van der Waals surface area contributed by atoms with Crippen LogP contribution in [0.1, 0.15) is 37.2 Å². The minimum absolute atomic E-state index is 0.0398. The molecule has 1 aromatic rings. The van der Waals surface area contributed by atoms with Crippen LogP contribution < -0.4 is 16.4 Å². The van der Waals surface area contributed by atoms with Crippen molar-refractivity contribution in [3.8, 4) is 0 Å². The normalized spacial score (nSPS) is 10.8. The van der Waals surface area contributed by atoms with Gasteiger partial charge in [0.1, 0.15) is 11.5 Å². The van der Waals surface area contributed by atoms with Crippen molar-refractivity contribution in [2.75, 3.05) is 5.32 Å². The van der Waals surface area contributed by atoms with Gasteiger partial charge in [-0.3, -0.25) is 14.9 Å². The van der Waals surface area contributed by atoms with Crippen molar-refractivity contribution in [2.45, 2.75) is 32.2 Å². The largest absolute Gasteiger partial charge is 0.481 e. The Kier molecular flexibility index (Phi) is 5.23. The number of amides is 3. The number of aliphatic carboxylic acids is 1. The summed E-state index contributed by atoms with van der Waals surface area (Å²) in [6.45, 7) is 3.42. The van der Waals surface area contributed by atoms with Crippen LogP contribution in [0.5, 0.6) is 0 Å². The Morgan fingerprint density at radius 2 is 2.00 bits per heavy atom. The third kappa shape index (κ3) is 5.89. The summed E-state index contributed by atoms with van der Waals surface area (Å²) in [7, 11) is 0. The first kappa shape index (κ1) is 16.4. The Morgan fingerprint density at radius 3 is 2.57 bits per heavy atom. The molecular formula is C13H18N4O4. The number of hydrogen-bond donors (Lipinski definition) is 4. The van der Waals surface area contributed by atoms with Gasteiger partial charge in [-0.25, -0.2) is 9.78 Å². The van der Waals surface area contributed by atoms with Gasteiger partial charge in [0.2, 0.25) is 0 Å². The number of carboxylic acid groups (broad SMARTS) is 1. The number of urea groups is 1. The van der Waals surface area contributed by atoms with E-state index in [1.165, 1.54) is 18.2 Å². The molecule has 0 saturated heterocycles. The Hall–Kier alpha value is -2.64. The third-order valence-electron chi connectivity index (χ3n) is 2.66. The molecule has 1 aromatic heterocycles. The number of pyridine rings is 1. The van der Waals surface area contributed by atoms with Crippen molar-refractivity contribution in [1.82, 2.24) is 10.3 Å². The number of aromatic nitrogens is 1. The summed E-state index contributed by atoms with van der Waals surface area (Å²) in [4.78, 5) is 37.2. The van der Waals surface area contributed by atoms with Crippen LogP contribution in [-0.2, 0) is 4.79 Å². The van der Waals surface area contributed by atoms with Crippen molar-refractivity contribution < 1.29 is 19.5 Å². The molecule has 0 aliphatic carbocycles. The van der Waals surface area contributed by atoms with Crippen LogP contribution in [0.15, 0.2) is 18.2 Å². The Balaban J connectivity index is 2.62. The van der Waals surface area contributed by atoms with E-state index in [0.717, 1.165) is 0 Å². The maximum absolute atomic E-state index is 11.8. The van der Waals surface area contributed by atoms with Gasteiger partial charge in [0, 0.05) is 12.0 Å². The first-order valence-corrected chi connectivity index (χ1v) is 6.27. The van der Waals surface area contributed by atoms with E-state index in [9.17, 15) is 14.4 Å². The number of rotatable bonds is 6. The number of anilines is 1. The van der Waals surface area contributed by atoms with Gasteiger partial charge in [-0.05, 0) is 32.4 Å². The fourth-order valence-electron chi connectivity index (χ4n) is 1.58. The summed E-state index contributed by atoms with van der Waals surface area (Å²) in [6, 6.07) is 3.94. The molecule has 0 unspecified atom stereocenters. The molecule has 21 heavy (non-hydrogen) atoms. The fourth-order valence-corrected chi connectivity index (χ4v) is 1.58. The van der Waals surface area contributed by atoms with Crippen LogP contribution >= 0.6 is 0 Å². The molecule has 1 heterocycles. The minimum Gasteiger partial charge on any atom is -0.481 e. The van der Waals surface area contributed by atoms with Crippen LogP contribution in [0.2, 0.25) is 0 Å². The maximum atomic E-state index is 11.8. The van der Waals surface area contributed by atoms with E-state index in [2.05, 4.69) is 15.6 Å². The molecule has 0 aliphatic rings. The molecule has 0 radical (unpaired) electrons. The molecule has 0 bridgehead atoms. The lowest BCUT2D eigenvalue weighted by Crippen LogP contribution is -2.45. The van der Waals surface area contributed by atoms with E-state index in [0.29, 0.717) is 0 Å². The highest BCUT2D eigenvalue weighted by molar-refractivity contribution is 5.93. The second kappa shape index (κ2) is 6.69. The van der Waals surface area contributed by atoms with Crippen LogP contribution in [0, 0.1) is 0 Å². The molecule has 0 spiro atoms. The lowest BCUT2D eigenvalue weighted by Gasteiger charge is -2.25. The quantitative estimate of drug-likeness (QED) is 0.619. The van der Waals surface area contributed by atoms with Crippen molar-refractivity contribution in [3.63, 3.8) is 0 Å². The van der Waals surface area contributed by atoms with Gasteiger partial charge >= 0.3 is 12.0 Å². The second-order valence-electron chi connectivity index (χ2n) is 5.13. The molecule has 0 saturated carbocycles. The number of nitrogens with two attached hydrogens (primary N) is 1. The second-order valence-corrected chi connectivity index (χ2v) is 5.13. The van der Waals surface area contributed by atoms with Gasteiger partial charge < -0.3 is 16.2 Å². The summed E-state index contributed by atoms with van der Waals surface area (Å²) < 4.78 is 0. The van der Waals surface area contributed by atoms with Gasteiger partial charge in [-0.1, -0.05) is 6.07 Å². The Bertz CT molecular complexity index is 557. The number of primary amides is 1. The Morgan fingerprint density at radius 1 is 1.33 bits per heavy atom. The zero-order valence-electron chi connectivity index (χ0n) is 11.8. The molecular weight excluding hydrogens is 276 g/mol. The average molecular weight is 294 g/mol. The van der Waals surface area contributed by atoms with Crippen LogP contribution in [0.3, 0.4) is 0 Å². The van der Waals surface area contributed by atoms with Crippen molar-refractivity contribution >= 4 is 23.7 Å². The van der Waals surface area contributed by atoms with E-state index in [1.807, 2.05) is 0 Å². The lowest BCUT2D eigenvalue weighted by molar-refractivity contribution is -0.137. The first-order valence-electron chi connectivity index (χ1n) is 6.27. The average Bonchev–Trinajstić information content (AvgIpc) is 2.36. The van der Waals surface area contributed by atoms with E-state index < -0.39 is 23.4 Å².